The highest BCUT2D eigenvalue weighted by atomic mass is 32.1. The van der Waals surface area contributed by atoms with Crippen LogP contribution in [0.5, 0.6) is 5.75 Å². The molecule has 2 aromatic carbocycles. The van der Waals surface area contributed by atoms with Crippen LogP contribution in [0.25, 0.3) is 6.08 Å². The van der Waals surface area contributed by atoms with Gasteiger partial charge in [0.2, 0.25) is 5.91 Å². The lowest BCUT2D eigenvalue weighted by Crippen LogP contribution is -2.28. The molecule has 0 spiro atoms. The molecule has 3 aromatic rings. The monoisotopic (exact) mass is 464 g/mol. The summed E-state index contributed by atoms with van der Waals surface area (Å²) in [5, 5.41) is 5.73. The highest BCUT2D eigenvalue weighted by Crippen LogP contribution is 2.21. The number of aromatic nitrogens is 1. The van der Waals surface area contributed by atoms with Gasteiger partial charge in [0.1, 0.15) is 19.0 Å². The summed E-state index contributed by atoms with van der Waals surface area (Å²) in [5.41, 5.74) is 3.96. The van der Waals surface area contributed by atoms with Crippen molar-refractivity contribution in [1.29, 1.82) is 0 Å². The molecule has 3 rings (SSSR count). The van der Waals surface area contributed by atoms with Crippen LogP contribution in [0.1, 0.15) is 33.8 Å². The van der Waals surface area contributed by atoms with Gasteiger partial charge in [-0.1, -0.05) is 48.0 Å². The highest BCUT2D eigenvalue weighted by Gasteiger charge is 2.05. The zero-order valence-corrected chi connectivity index (χ0v) is 19.7. The Bertz CT molecular complexity index is 1090. The lowest BCUT2D eigenvalue weighted by Gasteiger charge is -2.08. The molecule has 0 fully saturated rings. The van der Waals surface area contributed by atoms with Crippen molar-refractivity contribution in [3.05, 3.63) is 87.4 Å². The van der Waals surface area contributed by atoms with E-state index in [9.17, 15) is 9.59 Å². The van der Waals surface area contributed by atoms with Crippen LogP contribution in [-0.2, 0) is 27.4 Å². The molecule has 0 saturated heterocycles. The SMILES string of the molecule is Cc1ccc(CCC(=O)NCCOC(=O)/C=C/c2ccccc2OCc2csc(C)n2)cc1. The third kappa shape index (κ3) is 8.54. The standard InChI is InChI=1S/C26H28N2O4S/c1-19-7-9-21(10-8-19)11-13-25(29)27-15-16-31-26(30)14-12-22-5-3-4-6-24(22)32-17-23-18-33-20(2)28-23/h3-10,12,14,18H,11,13,15-17H2,1-2H3,(H,27,29)/b14-12+. The minimum atomic E-state index is -0.478. The molecule has 0 aliphatic heterocycles. The van der Waals surface area contributed by atoms with Gasteiger partial charge in [-0.3, -0.25) is 4.79 Å². The second kappa shape index (κ2) is 12.6. The van der Waals surface area contributed by atoms with Gasteiger partial charge in [-0.05, 0) is 38.0 Å². The van der Waals surface area contributed by atoms with Gasteiger partial charge in [0.25, 0.3) is 0 Å². The number of para-hydroxylation sites is 1. The third-order valence-corrected chi connectivity index (χ3v) is 5.61. The maximum absolute atomic E-state index is 12.0. The largest absolute Gasteiger partial charge is 0.487 e. The number of thiazole rings is 1. The summed E-state index contributed by atoms with van der Waals surface area (Å²) < 4.78 is 11.0. The molecule has 1 N–H and O–H groups in total. The number of hydrogen-bond donors (Lipinski definition) is 1. The van der Waals surface area contributed by atoms with Gasteiger partial charge >= 0.3 is 5.97 Å². The Hall–Kier alpha value is -3.45. The van der Waals surface area contributed by atoms with Crippen LogP contribution >= 0.6 is 11.3 Å². The number of nitrogens with one attached hydrogen (secondary N) is 1. The van der Waals surface area contributed by atoms with E-state index in [1.807, 2.05) is 67.8 Å². The lowest BCUT2D eigenvalue weighted by atomic mass is 10.1. The number of amides is 1. The van der Waals surface area contributed by atoms with E-state index < -0.39 is 5.97 Å². The van der Waals surface area contributed by atoms with Crippen molar-refractivity contribution in [1.82, 2.24) is 10.3 Å². The molecule has 0 atom stereocenters. The number of aryl methyl sites for hydroxylation is 3. The first-order chi connectivity index (χ1) is 16.0. The molecular formula is C26H28N2O4S. The highest BCUT2D eigenvalue weighted by molar-refractivity contribution is 7.09. The van der Waals surface area contributed by atoms with E-state index in [1.54, 1.807) is 17.4 Å². The van der Waals surface area contributed by atoms with Gasteiger partial charge in [0.15, 0.2) is 0 Å². The molecule has 1 amide bonds. The van der Waals surface area contributed by atoms with E-state index in [0.29, 0.717) is 25.2 Å². The Kier molecular flexibility index (Phi) is 9.20. The van der Waals surface area contributed by atoms with Crippen molar-refractivity contribution in [3.8, 4) is 5.75 Å². The van der Waals surface area contributed by atoms with Crippen LogP contribution in [0.15, 0.2) is 60.0 Å². The summed E-state index contributed by atoms with van der Waals surface area (Å²) in [6.45, 7) is 4.74. The van der Waals surface area contributed by atoms with Crippen LogP contribution in [0.3, 0.4) is 0 Å². The molecule has 0 unspecified atom stereocenters. The number of hydrogen-bond acceptors (Lipinski definition) is 6. The first-order valence-corrected chi connectivity index (χ1v) is 11.7. The van der Waals surface area contributed by atoms with Gasteiger partial charge in [-0.2, -0.15) is 0 Å². The number of esters is 1. The molecular weight excluding hydrogens is 436 g/mol. The van der Waals surface area contributed by atoms with Crippen molar-refractivity contribution in [2.24, 2.45) is 0 Å². The van der Waals surface area contributed by atoms with Crippen LogP contribution in [0.2, 0.25) is 0 Å². The van der Waals surface area contributed by atoms with Gasteiger partial charge in [-0.25, -0.2) is 9.78 Å². The summed E-state index contributed by atoms with van der Waals surface area (Å²) in [6, 6.07) is 15.6. The molecule has 6 nitrogen and oxygen atoms in total. The van der Waals surface area contributed by atoms with Gasteiger partial charge in [0.05, 0.1) is 17.2 Å². The fourth-order valence-electron chi connectivity index (χ4n) is 3.02. The van der Waals surface area contributed by atoms with Crippen molar-refractivity contribution >= 4 is 29.3 Å². The average Bonchev–Trinajstić information content (AvgIpc) is 3.24. The molecule has 0 aliphatic carbocycles. The summed E-state index contributed by atoms with van der Waals surface area (Å²) in [5.74, 6) is 0.116. The van der Waals surface area contributed by atoms with Gasteiger partial charge < -0.3 is 14.8 Å². The molecule has 33 heavy (non-hydrogen) atoms. The Morgan fingerprint density at radius 2 is 1.88 bits per heavy atom. The molecule has 172 valence electrons. The minimum Gasteiger partial charge on any atom is -0.487 e. The molecule has 1 aromatic heterocycles. The van der Waals surface area contributed by atoms with E-state index in [1.165, 1.54) is 11.6 Å². The van der Waals surface area contributed by atoms with Crippen LogP contribution in [0, 0.1) is 13.8 Å². The van der Waals surface area contributed by atoms with Crippen LogP contribution < -0.4 is 10.1 Å². The fraction of sp³-hybridized carbons (Fsp3) is 0.269. The number of carbonyl (C=O) groups is 2. The Labute approximate surface area is 198 Å². The van der Waals surface area contributed by atoms with E-state index >= 15 is 0 Å². The Morgan fingerprint density at radius 3 is 2.64 bits per heavy atom. The van der Waals surface area contributed by atoms with Crippen molar-refractivity contribution in [2.75, 3.05) is 13.2 Å². The number of carbonyl (C=O) groups excluding carboxylic acids is 2. The van der Waals surface area contributed by atoms with Crippen LogP contribution in [0.4, 0.5) is 0 Å². The van der Waals surface area contributed by atoms with Crippen LogP contribution in [-0.4, -0.2) is 30.0 Å². The third-order valence-electron chi connectivity index (χ3n) is 4.79. The summed E-state index contributed by atoms with van der Waals surface area (Å²) in [7, 11) is 0. The molecule has 0 saturated carbocycles. The van der Waals surface area contributed by atoms with Crippen molar-refractivity contribution in [2.45, 2.75) is 33.3 Å². The zero-order valence-electron chi connectivity index (χ0n) is 18.9. The topological polar surface area (TPSA) is 77.5 Å². The first kappa shape index (κ1) is 24.2. The molecule has 0 aliphatic rings. The smallest absolute Gasteiger partial charge is 0.330 e. The fourth-order valence-corrected chi connectivity index (χ4v) is 3.62. The number of benzene rings is 2. The molecule has 0 radical (unpaired) electrons. The molecule has 0 bridgehead atoms. The second-order valence-electron chi connectivity index (χ2n) is 7.52. The summed E-state index contributed by atoms with van der Waals surface area (Å²) in [6.07, 6.45) is 4.09. The van der Waals surface area contributed by atoms with Crippen molar-refractivity contribution < 1.29 is 19.1 Å². The lowest BCUT2D eigenvalue weighted by molar-refractivity contribution is -0.138. The quantitative estimate of drug-likeness (QED) is 0.254. The normalized spacial score (nSPS) is 10.8. The van der Waals surface area contributed by atoms with E-state index in [-0.39, 0.29) is 19.1 Å². The van der Waals surface area contributed by atoms with E-state index in [4.69, 9.17) is 9.47 Å². The number of ether oxygens (including phenoxy) is 2. The first-order valence-electron chi connectivity index (χ1n) is 10.8. The molecule has 7 heteroatoms. The second-order valence-corrected chi connectivity index (χ2v) is 8.58. The maximum atomic E-state index is 12.0. The van der Waals surface area contributed by atoms with Gasteiger partial charge in [0, 0.05) is 23.4 Å². The summed E-state index contributed by atoms with van der Waals surface area (Å²) in [4.78, 5) is 28.4. The number of nitrogens with zero attached hydrogens (tertiary/aromatic N) is 1. The average molecular weight is 465 g/mol. The Morgan fingerprint density at radius 1 is 1.09 bits per heavy atom. The molecule has 1 heterocycles. The summed E-state index contributed by atoms with van der Waals surface area (Å²) >= 11 is 1.58. The Balaban J connectivity index is 1.36. The van der Waals surface area contributed by atoms with E-state index in [2.05, 4.69) is 10.3 Å². The van der Waals surface area contributed by atoms with Gasteiger partial charge in [-0.15, -0.1) is 11.3 Å². The zero-order chi connectivity index (χ0) is 23.5. The minimum absolute atomic E-state index is 0.0662. The van der Waals surface area contributed by atoms with E-state index in [0.717, 1.165) is 21.8 Å². The predicted molar refractivity (Wildman–Crippen MR) is 130 cm³/mol. The maximum Gasteiger partial charge on any atom is 0.330 e. The van der Waals surface area contributed by atoms with Crippen molar-refractivity contribution in [3.63, 3.8) is 0 Å². The predicted octanol–water partition coefficient (Wildman–Crippen LogP) is 4.64. The number of rotatable bonds is 11.